The Kier molecular flexibility index (Phi) is 5.03. The first kappa shape index (κ1) is 17.5. The average Bonchev–Trinajstić information content (AvgIpc) is 2.69. The molecule has 1 saturated heterocycles. The lowest BCUT2D eigenvalue weighted by Crippen LogP contribution is -2.46. The fraction of sp³-hybridized carbons (Fsp3) is 0.273. The molecule has 1 aromatic heterocycles. The molecule has 2 heterocycles. The maximum absolute atomic E-state index is 12.2. The third-order valence-corrected chi connectivity index (χ3v) is 5.00. The number of hydrogen-bond acceptors (Lipinski definition) is 4. The number of aromatic amines is 1. The molecule has 0 radical (unpaired) electrons. The van der Waals surface area contributed by atoms with Gasteiger partial charge in [-0.05, 0) is 12.5 Å². The maximum atomic E-state index is 12.2. The predicted molar refractivity (Wildman–Crippen MR) is 109 cm³/mol. The lowest BCUT2D eigenvalue weighted by Gasteiger charge is -2.35. The summed E-state index contributed by atoms with van der Waals surface area (Å²) in [5, 5.41) is 0. The molecule has 0 aliphatic carbocycles. The average molecular weight is 360 g/mol. The first-order chi connectivity index (χ1) is 13.2. The van der Waals surface area contributed by atoms with Gasteiger partial charge in [-0.25, -0.2) is 4.98 Å². The number of aromatic nitrogens is 2. The Morgan fingerprint density at radius 1 is 0.963 bits per heavy atom. The minimum Gasteiger partial charge on any atom is -0.340 e. The second-order valence-corrected chi connectivity index (χ2v) is 7.07. The summed E-state index contributed by atoms with van der Waals surface area (Å²) in [5.74, 6) is 0.664. The van der Waals surface area contributed by atoms with E-state index in [9.17, 15) is 4.79 Å². The highest BCUT2D eigenvalue weighted by Crippen LogP contribution is 2.19. The zero-order valence-electron chi connectivity index (χ0n) is 15.6. The molecule has 0 amide bonds. The van der Waals surface area contributed by atoms with Crippen molar-refractivity contribution in [3.8, 4) is 11.3 Å². The van der Waals surface area contributed by atoms with Crippen molar-refractivity contribution >= 4 is 5.95 Å². The zero-order valence-corrected chi connectivity index (χ0v) is 15.6. The Balaban J connectivity index is 1.46. The molecule has 1 N–H and O–H groups in total. The Bertz CT molecular complexity index is 942. The van der Waals surface area contributed by atoms with E-state index in [4.69, 9.17) is 4.98 Å². The van der Waals surface area contributed by atoms with Gasteiger partial charge in [-0.2, -0.15) is 0 Å². The number of hydrogen-bond donors (Lipinski definition) is 1. The van der Waals surface area contributed by atoms with Gasteiger partial charge in [0.25, 0.3) is 5.56 Å². The Labute approximate surface area is 159 Å². The zero-order chi connectivity index (χ0) is 18.6. The van der Waals surface area contributed by atoms with Crippen LogP contribution in [0.2, 0.25) is 0 Å². The van der Waals surface area contributed by atoms with Crippen molar-refractivity contribution in [2.75, 3.05) is 31.1 Å². The summed E-state index contributed by atoms with van der Waals surface area (Å²) in [7, 11) is 0. The molecule has 1 aliphatic heterocycles. The van der Waals surface area contributed by atoms with Crippen LogP contribution in [0, 0.1) is 6.92 Å². The number of piperazine rings is 1. The summed E-state index contributed by atoms with van der Waals surface area (Å²) in [6.45, 7) is 6.62. The molecule has 1 aliphatic rings. The molecule has 3 aromatic rings. The van der Waals surface area contributed by atoms with Crippen LogP contribution in [0.5, 0.6) is 0 Å². The van der Waals surface area contributed by atoms with Gasteiger partial charge in [-0.1, -0.05) is 60.2 Å². The third kappa shape index (κ3) is 4.26. The number of benzene rings is 2. The quantitative estimate of drug-likeness (QED) is 0.777. The SMILES string of the molecule is Cc1ccc(-c2cc(=O)[nH]c(N3CCN(Cc4ccccc4)CC3)n2)cc1. The molecule has 0 atom stereocenters. The van der Waals surface area contributed by atoms with E-state index in [1.54, 1.807) is 6.07 Å². The van der Waals surface area contributed by atoms with Gasteiger partial charge in [0.2, 0.25) is 5.95 Å². The van der Waals surface area contributed by atoms with Crippen molar-refractivity contribution < 1.29 is 0 Å². The van der Waals surface area contributed by atoms with Gasteiger partial charge in [-0.3, -0.25) is 14.7 Å². The van der Waals surface area contributed by atoms with Gasteiger partial charge >= 0.3 is 0 Å². The Morgan fingerprint density at radius 3 is 2.37 bits per heavy atom. The first-order valence-electron chi connectivity index (χ1n) is 9.37. The van der Waals surface area contributed by atoms with Gasteiger partial charge in [0, 0.05) is 44.4 Å². The van der Waals surface area contributed by atoms with Crippen LogP contribution in [-0.2, 0) is 6.54 Å². The fourth-order valence-corrected chi connectivity index (χ4v) is 3.43. The maximum Gasteiger partial charge on any atom is 0.252 e. The fourth-order valence-electron chi connectivity index (χ4n) is 3.43. The molecule has 5 nitrogen and oxygen atoms in total. The molecular weight excluding hydrogens is 336 g/mol. The van der Waals surface area contributed by atoms with Gasteiger partial charge in [0.15, 0.2) is 0 Å². The number of nitrogens with one attached hydrogen (secondary N) is 1. The largest absolute Gasteiger partial charge is 0.340 e. The number of aryl methyl sites for hydroxylation is 1. The highest BCUT2D eigenvalue weighted by atomic mass is 16.1. The van der Waals surface area contributed by atoms with Crippen LogP contribution in [0.4, 0.5) is 5.95 Å². The minimum atomic E-state index is -0.109. The molecule has 0 spiro atoms. The summed E-state index contributed by atoms with van der Waals surface area (Å²) < 4.78 is 0. The molecule has 0 saturated carbocycles. The van der Waals surface area contributed by atoms with E-state index < -0.39 is 0 Å². The number of anilines is 1. The topological polar surface area (TPSA) is 52.2 Å². The highest BCUT2D eigenvalue weighted by molar-refractivity contribution is 5.60. The van der Waals surface area contributed by atoms with Gasteiger partial charge in [0.05, 0.1) is 5.69 Å². The molecule has 138 valence electrons. The van der Waals surface area contributed by atoms with E-state index in [1.165, 1.54) is 11.1 Å². The van der Waals surface area contributed by atoms with Crippen molar-refractivity contribution in [2.45, 2.75) is 13.5 Å². The Hall–Kier alpha value is -2.92. The van der Waals surface area contributed by atoms with E-state index in [0.29, 0.717) is 5.95 Å². The monoisotopic (exact) mass is 360 g/mol. The van der Waals surface area contributed by atoms with Crippen molar-refractivity contribution in [2.24, 2.45) is 0 Å². The molecule has 4 rings (SSSR count). The lowest BCUT2D eigenvalue weighted by atomic mass is 10.1. The summed E-state index contributed by atoms with van der Waals surface area (Å²) >= 11 is 0. The second-order valence-electron chi connectivity index (χ2n) is 7.07. The standard InChI is InChI=1S/C22H24N4O/c1-17-7-9-19(10-8-17)20-15-21(27)24-22(23-20)26-13-11-25(12-14-26)16-18-5-3-2-4-6-18/h2-10,15H,11-14,16H2,1H3,(H,23,24,27). The molecule has 2 aromatic carbocycles. The van der Waals surface area contributed by atoms with Crippen LogP contribution < -0.4 is 10.5 Å². The third-order valence-electron chi connectivity index (χ3n) is 5.00. The van der Waals surface area contributed by atoms with E-state index in [-0.39, 0.29) is 5.56 Å². The predicted octanol–water partition coefficient (Wildman–Crippen LogP) is 3.07. The normalized spacial score (nSPS) is 15.1. The molecule has 5 heteroatoms. The van der Waals surface area contributed by atoms with Crippen LogP contribution in [-0.4, -0.2) is 41.0 Å². The number of H-pyrrole nitrogens is 1. The van der Waals surface area contributed by atoms with Crippen molar-refractivity contribution in [1.29, 1.82) is 0 Å². The van der Waals surface area contributed by atoms with Crippen LogP contribution in [0.3, 0.4) is 0 Å². The second kappa shape index (κ2) is 7.76. The van der Waals surface area contributed by atoms with E-state index in [0.717, 1.165) is 44.0 Å². The summed E-state index contributed by atoms with van der Waals surface area (Å²) in [5.41, 5.74) is 4.11. The Morgan fingerprint density at radius 2 is 1.67 bits per heavy atom. The van der Waals surface area contributed by atoms with Gasteiger partial charge < -0.3 is 4.90 Å². The highest BCUT2D eigenvalue weighted by Gasteiger charge is 2.19. The summed E-state index contributed by atoms with van der Waals surface area (Å²) in [4.78, 5) is 24.4. The van der Waals surface area contributed by atoms with Gasteiger partial charge in [0.1, 0.15) is 0 Å². The number of rotatable bonds is 4. The molecule has 0 unspecified atom stereocenters. The summed E-state index contributed by atoms with van der Waals surface area (Å²) in [6.07, 6.45) is 0. The van der Waals surface area contributed by atoms with Crippen molar-refractivity contribution in [3.05, 3.63) is 82.1 Å². The van der Waals surface area contributed by atoms with Crippen LogP contribution in [0.25, 0.3) is 11.3 Å². The van der Waals surface area contributed by atoms with Crippen molar-refractivity contribution in [3.63, 3.8) is 0 Å². The van der Waals surface area contributed by atoms with Crippen LogP contribution >= 0.6 is 0 Å². The molecule has 0 bridgehead atoms. The first-order valence-corrected chi connectivity index (χ1v) is 9.37. The molecule has 27 heavy (non-hydrogen) atoms. The number of nitrogens with zero attached hydrogens (tertiary/aromatic N) is 3. The van der Waals surface area contributed by atoms with E-state index in [2.05, 4.69) is 46.0 Å². The van der Waals surface area contributed by atoms with Crippen molar-refractivity contribution in [1.82, 2.24) is 14.9 Å². The minimum absolute atomic E-state index is 0.109. The smallest absolute Gasteiger partial charge is 0.252 e. The van der Waals surface area contributed by atoms with E-state index in [1.807, 2.05) is 30.3 Å². The lowest BCUT2D eigenvalue weighted by molar-refractivity contribution is 0.248. The van der Waals surface area contributed by atoms with E-state index >= 15 is 0 Å². The summed E-state index contributed by atoms with van der Waals surface area (Å²) in [6, 6.07) is 20.2. The van der Waals surface area contributed by atoms with Crippen LogP contribution in [0.15, 0.2) is 65.5 Å². The van der Waals surface area contributed by atoms with Crippen LogP contribution in [0.1, 0.15) is 11.1 Å². The molecule has 1 fully saturated rings. The van der Waals surface area contributed by atoms with Gasteiger partial charge in [-0.15, -0.1) is 0 Å². The molecular formula is C22H24N4O.